The lowest BCUT2D eigenvalue weighted by Gasteiger charge is -2.18. The van der Waals surface area contributed by atoms with E-state index in [1.165, 1.54) is 12.1 Å². The molecule has 1 aliphatic heterocycles. The summed E-state index contributed by atoms with van der Waals surface area (Å²) in [6, 6.07) is 19.0. The number of benzene rings is 3. The van der Waals surface area contributed by atoms with Crippen LogP contribution in [0.3, 0.4) is 0 Å². The highest BCUT2D eigenvalue weighted by Gasteiger charge is 2.30. The van der Waals surface area contributed by atoms with Crippen molar-refractivity contribution in [2.45, 2.75) is 16.3 Å². The molecule has 0 aliphatic carbocycles. The monoisotopic (exact) mass is 526 g/mol. The SMILES string of the molecule is COc1ccc(CCNc2oc(-c3cccc(Cl)c3)nc2S(=O)(=O)c2ccc3c(c2)OCCO3)cc1. The van der Waals surface area contributed by atoms with Crippen LogP contribution in [0.1, 0.15) is 5.56 Å². The molecular formula is C26H23ClN2O6S. The zero-order valence-electron chi connectivity index (χ0n) is 19.4. The summed E-state index contributed by atoms with van der Waals surface area (Å²) in [5, 5.41) is 3.37. The van der Waals surface area contributed by atoms with Crippen LogP contribution in [-0.2, 0) is 16.3 Å². The number of fused-ring (bicyclic) bond motifs is 1. The Morgan fingerprint density at radius 1 is 1.00 bits per heavy atom. The molecule has 4 aromatic rings. The Kier molecular flexibility index (Phi) is 6.75. The standard InChI is InChI=1S/C26H23ClN2O6S/c1-32-20-7-5-17(6-8-20)11-12-28-25-26(29-24(35-25)18-3-2-4-19(27)15-18)36(30,31)21-9-10-22-23(16-21)34-14-13-33-22/h2-10,15-16,28H,11-14H2,1H3. The summed E-state index contributed by atoms with van der Waals surface area (Å²) >= 11 is 6.13. The van der Waals surface area contributed by atoms with E-state index in [1.807, 2.05) is 24.3 Å². The molecule has 0 radical (unpaired) electrons. The number of nitrogens with zero attached hydrogens (tertiary/aromatic N) is 1. The van der Waals surface area contributed by atoms with Crippen LogP contribution in [0.15, 0.2) is 81.1 Å². The zero-order valence-corrected chi connectivity index (χ0v) is 20.9. The van der Waals surface area contributed by atoms with Crippen LogP contribution in [0.2, 0.25) is 5.02 Å². The molecule has 1 aromatic heterocycles. The first-order valence-corrected chi connectivity index (χ1v) is 13.1. The van der Waals surface area contributed by atoms with Gasteiger partial charge in [0, 0.05) is 23.2 Å². The van der Waals surface area contributed by atoms with Gasteiger partial charge in [0.05, 0.1) is 12.0 Å². The molecule has 0 amide bonds. The van der Waals surface area contributed by atoms with E-state index in [9.17, 15) is 8.42 Å². The summed E-state index contributed by atoms with van der Waals surface area (Å²) < 4.78 is 49.5. The van der Waals surface area contributed by atoms with E-state index in [4.69, 9.17) is 30.2 Å². The molecule has 2 heterocycles. The zero-order chi connectivity index (χ0) is 25.1. The average molecular weight is 527 g/mol. The predicted octanol–water partition coefficient (Wildman–Crippen LogP) is 5.26. The largest absolute Gasteiger partial charge is 0.497 e. The molecule has 0 saturated heterocycles. The van der Waals surface area contributed by atoms with Gasteiger partial charge in [0.15, 0.2) is 11.5 Å². The van der Waals surface area contributed by atoms with Gasteiger partial charge in [-0.15, -0.1) is 0 Å². The molecule has 186 valence electrons. The second kappa shape index (κ2) is 10.1. The summed E-state index contributed by atoms with van der Waals surface area (Å²) in [7, 11) is -2.44. The highest BCUT2D eigenvalue weighted by molar-refractivity contribution is 7.91. The Morgan fingerprint density at radius 2 is 1.78 bits per heavy atom. The third-order valence-corrected chi connectivity index (χ3v) is 7.50. The number of ether oxygens (including phenoxy) is 3. The Balaban J connectivity index is 1.47. The molecule has 5 rings (SSSR count). The lowest BCUT2D eigenvalue weighted by Crippen LogP contribution is -2.16. The highest BCUT2D eigenvalue weighted by Crippen LogP contribution is 2.37. The summed E-state index contributed by atoms with van der Waals surface area (Å²) in [5.74, 6) is 1.82. The van der Waals surface area contributed by atoms with E-state index in [0.717, 1.165) is 11.3 Å². The smallest absolute Gasteiger partial charge is 0.233 e. The lowest BCUT2D eigenvalue weighted by molar-refractivity contribution is 0.171. The second-order valence-corrected chi connectivity index (χ2v) is 10.3. The molecule has 1 N–H and O–H groups in total. The van der Waals surface area contributed by atoms with Crippen LogP contribution < -0.4 is 19.5 Å². The number of halogens is 1. The van der Waals surface area contributed by atoms with Crippen molar-refractivity contribution in [2.75, 3.05) is 32.2 Å². The fraction of sp³-hybridized carbons (Fsp3) is 0.192. The topological polar surface area (TPSA) is 99.9 Å². The maximum absolute atomic E-state index is 13.7. The van der Waals surface area contributed by atoms with Gasteiger partial charge in [-0.3, -0.25) is 0 Å². The van der Waals surface area contributed by atoms with Crippen LogP contribution in [-0.4, -0.2) is 40.3 Å². The van der Waals surface area contributed by atoms with Gasteiger partial charge in [0.2, 0.25) is 26.6 Å². The van der Waals surface area contributed by atoms with Gasteiger partial charge in [-0.2, -0.15) is 4.98 Å². The van der Waals surface area contributed by atoms with Crippen molar-refractivity contribution >= 4 is 27.3 Å². The number of oxazole rings is 1. The Labute approximate surface area is 213 Å². The lowest BCUT2D eigenvalue weighted by atomic mass is 10.1. The Morgan fingerprint density at radius 3 is 2.53 bits per heavy atom. The number of aromatic nitrogens is 1. The van der Waals surface area contributed by atoms with Gasteiger partial charge in [-0.1, -0.05) is 29.8 Å². The van der Waals surface area contributed by atoms with Gasteiger partial charge in [0.1, 0.15) is 19.0 Å². The first-order valence-electron chi connectivity index (χ1n) is 11.2. The molecule has 0 spiro atoms. The molecule has 8 nitrogen and oxygen atoms in total. The Bertz CT molecular complexity index is 1480. The highest BCUT2D eigenvalue weighted by atomic mass is 35.5. The fourth-order valence-electron chi connectivity index (χ4n) is 3.76. The van der Waals surface area contributed by atoms with E-state index in [0.29, 0.717) is 48.3 Å². The first-order chi connectivity index (χ1) is 17.4. The van der Waals surface area contributed by atoms with E-state index in [1.54, 1.807) is 37.4 Å². The number of nitrogens with one attached hydrogen (secondary N) is 1. The minimum absolute atomic E-state index is 0.0240. The van der Waals surface area contributed by atoms with E-state index in [-0.39, 0.29) is 21.7 Å². The summed E-state index contributed by atoms with van der Waals surface area (Å²) in [4.78, 5) is 4.39. The van der Waals surface area contributed by atoms with Gasteiger partial charge in [0.25, 0.3) is 0 Å². The molecule has 3 aromatic carbocycles. The maximum atomic E-state index is 13.7. The number of anilines is 1. The van der Waals surface area contributed by atoms with Crippen molar-refractivity contribution in [1.29, 1.82) is 0 Å². The third kappa shape index (κ3) is 4.98. The van der Waals surface area contributed by atoms with Crippen LogP contribution >= 0.6 is 11.6 Å². The van der Waals surface area contributed by atoms with Crippen LogP contribution in [0, 0.1) is 0 Å². The second-order valence-electron chi connectivity index (χ2n) is 8.00. The Hall–Kier alpha value is -3.69. The number of hydrogen-bond donors (Lipinski definition) is 1. The number of sulfone groups is 1. The quantitative estimate of drug-likeness (QED) is 0.332. The predicted molar refractivity (Wildman–Crippen MR) is 135 cm³/mol. The number of rotatable bonds is 8. The maximum Gasteiger partial charge on any atom is 0.233 e. The van der Waals surface area contributed by atoms with Crippen molar-refractivity contribution in [2.24, 2.45) is 0 Å². The summed E-state index contributed by atoms with van der Waals surface area (Å²) in [6.07, 6.45) is 0.626. The van der Waals surface area contributed by atoms with E-state index in [2.05, 4.69) is 10.3 Å². The van der Waals surface area contributed by atoms with Crippen molar-refractivity contribution in [1.82, 2.24) is 4.98 Å². The minimum atomic E-state index is -4.06. The van der Waals surface area contributed by atoms with Gasteiger partial charge in [-0.05, 0) is 54.4 Å². The molecular weight excluding hydrogens is 504 g/mol. The molecule has 0 saturated carbocycles. The van der Waals surface area contributed by atoms with Crippen LogP contribution in [0.4, 0.5) is 5.88 Å². The third-order valence-electron chi connectivity index (χ3n) is 5.60. The molecule has 0 atom stereocenters. The van der Waals surface area contributed by atoms with E-state index < -0.39 is 9.84 Å². The molecule has 0 fully saturated rings. The molecule has 1 aliphatic rings. The number of methoxy groups -OCH3 is 1. The number of hydrogen-bond acceptors (Lipinski definition) is 8. The fourth-order valence-corrected chi connectivity index (χ4v) is 5.24. The molecule has 10 heteroatoms. The summed E-state index contributed by atoms with van der Waals surface area (Å²) in [5.41, 5.74) is 1.61. The van der Waals surface area contributed by atoms with Crippen molar-refractivity contribution in [3.63, 3.8) is 0 Å². The average Bonchev–Trinajstić information content (AvgIpc) is 3.34. The van der Waals surface area contributed by atoms with Crippen LogP contribution in [0.25, 0.3) is 11.5 Å². The van der Waals surface area contributed by atoms with Crippen molar-refractivity contribution < 1.29 is 27.0 Å². The normalized spacial score (nSPS) is 12.8. The van der Waals surface area contributed by atoms with Gasteiger partial charge < -0.3 is 23.9 Å². The van der Waals surface area contributed by atoms with Crippen LogP contribution in [0.5, 0.6) is 17.2 Å². The molecule has 0 unspecified atom stereocenters. The van der Waals surface area contributed by atoms with Crippen molar-refractivity contribution in [3.8, 4) is 28.7 Å². The summed E-state index contributed by atoms with van der Waals surface area (Å²) in [6.45, 7) is 1.17. The van der Waals surface area contributed by atoms with Gasteiger partial charge in [-0.25, -0.2) is 8.42 Å². The van der Waals surface area contributed by atoms with E-state index >= 15 is 0 Å². The van der Waals surface area contributed by atoms with Crippen molar-refractivity contribution in [3.05, 3.63) is 77.3 Å². The van der Waals surface area contributed by atoms with Gasteiger partial charge >= 0.3 is 0 Å². The molecule has 0 bridgehead atoms. The minimum Gasteiger partial charge on any atom is -0.497 e. The molecule has 36 heavy (non-hydrogen) atoms. The first kappa shape index (κ1) is 24.0.